The van der Waals surface area contributed by atoms with E-state index < -0.39 is 12.8 Å². The van der Waals surface area contributed by atoms with Gasteiger partial charge in [0.1, 0.15) is 0 Å². The number of carbonyl (C=O) groups is 1. The fourth-order valence-electron chi connectivity index (χ4n) is 2.35. The third-order valence-corrected chi connectivity index (χ3v) is 3.54. The van der Waals surface area contributed by atoms with Gasteiger partial charge in [0, 0.05) is 25.6 Å². The van der Waals surface area contributed by atoms with Crippen LogP contribution in [0.5, 0.6) is 11.5 Å². The molecule has 0 bridgehead atoms. The molecule has 1 amide bonds. The van der Waals surface area contributed by atoms with E-state index in [0.717, 1.165) is 0 Å². The van der Waals surface area contributed by atoms with Crippen molar-refractivity contribution in [1.29, 1.82) is 0 Å². The quantitative estimate of drug-likeness (QED) is 0.772. The highest BCUT2D eigenvalue weighted by Crippen LogP contribution is 2.29. The number of alkyl halides is 3. The predicted molar refractivity (Wildman–Crippen MR) is 83.6 cm³/mol. The van der Waals surface area contributed by atoms with Gasteiger partial charge < -0.3 is 24.8 Å². The number of hydrogen-bond acceptors (Lipinski definition) is 5. The monoisotopic (exact) mass is 362 g/mol. The predicted octanol–water partition coefficient (Wildman–Crippen LogP) is 1.63. The highest BCUT2D eigenvalue weighted by atomic mass is 19.4. The molecule has 0 aliphatic carbocycles. The Labute approximate surface area is 143 Å². The average Bonchev–Trinajstić information content (AvgIpc) is 2.58. The summed E-state index contributed by atoms with van der Waals surface area (Å²) in [7, 11) is 1.34. The molecule has 1 unspecified atom stereocenters. The second kappa shape index (κ2) is 8.91. The van der Waals surface area contributed by atoms with E-state index >= 15 is 0 Å². The molecule has 1 aromatic carbocycles. The van der Waals surface area contributed by atoms with Crippen molar-refractivity contribution >= 4 is 5.91 Å². The van der Waals surface area contributed by atoms with Crippen LogP contribution in [0, 0.1) is 0 Å². The summed E-state index contributed by atoms with van der Waals surface area (Å²) in [5.74, 6) is 0.0381. The van der Waals surface area contributed by atoms with E-state index in [-0.39, 0.29) is 30.0 Å². The van der Waals surface area contributed by atoms with Gasteiger partial charge in [0.15, 0.2) is 18.1 Å². The molecule has 6 nitrogen and oxygen atoms in total. The SMILES string of the molecule is COc1cc(CNC(=O)CC2COCCN2)ccc1OCC(F)(F)F. The zero-order valence-electron chi connectivity index (χ0n) is 13.8. The molecule has 0 spiro atoms. The van der Waals surface area contributed by atoms with E-state index in [1.165, 1.54) is 19.2 Å². The molecule has 9 heteroatoms. The molecular weight excluding hydrogens is 341 g/mol. The number of carbonyl (C=O) groups excluding carboxylic acids is 1. The van der Waals surface area contributed by atoms with Gasteiger partial charge in [0.2, 0.25) is 5.91 Å². The molecule has 1 saturated heterocycles. The first-order valence-corrected chi connectivity index (χ1v) is 7.81. The number of amides is 1. The van der Waals surface area contributed by atoms with Gasteiger partial charge in [-0.15, -0.1) is 0 Å². The molecule has 25 heavy (non-hydrogen) atoms. The first-order valence-electron chi connectivity index (χ1n) is 7.81. The fourth-order valence-corrected chi connectivity index (χ4v) is 2.35. The molecule has 0 radical (unpaired) electrons. The lowest BCUT2D eigenvalue weighted by Gasteiger charge is -2.23. The van der Waals surface area contributed by atoms with Crippen LogP contribution in [-0.2, 0) is 16.1 Å². The van der Waals surface area contributed by atoms with Crippen LogP contribution in [0.1, 0.15) is 12.0 Å². The van der Waals surface area contributed by atoms with Gasteiger partial charge in [-0.25, -0.2) is 0 Å². The second-order valence-corrected chi connectivity index (χ2v) is 5.60. The van der Waals surface area contributed by atoms with Crippen molar-refractivity contribution in [2.75, 3.05) is 33.5 Å². The molecule has 140 valence electrons. The second-order valence-electron chi connectivity index (χ2n) is 5.60. The van der Waals surface area contributed by atoms with Crippen molar-refractivity contribution in [3.8, 4) is 11.5 Å². The average molecular weight is 362 g/mol. The third-order valence-electron chi connectivity index (χ3n) is 3.54. The number of benzene rings is 1. The minimum Gasteiger partial charge on any atom is -0.493 e. The van der Waals surface area contributed by atoms with Crippen LogP contribution >= 0.6 is 0 Å². The van der Waals surface area contributed by atoms with Crippen molar-refractivity contribution < 1.29 is 32.2 Å². The van der Waals surface area contributed by atoms with Crippen molar-refractivity contribution in [1.82, 2.24) is 10.6 Å². The number of halogens is 3. The maximum absolute atomic E-state index is 12.2. The molecule has 1 aliphatic heterocycles. The minimum absolute atomic E-state index is 0.00143. The van der Waals surface area contributed by atoms with E-state index in [9.17, 15) is 18.0 Å². The summed E-state index contributed by atoms with van der Waals surface area (Å²) in [4.78, 5) is 11.9. The lowest BCUT2D eigenvalue weighted by molar-refractivity contribution is -0.153. The van der Waals surface area contributed by atoms with Gasteiger partial charge in [-0.05, 0) is 17.7 Å². The van der Waals surface area contributed by atoms with Crippen molar-refractivity contribution in [2.45, 2.75) is 25.2 Å². The maximum atomic E-state index is 12.2. The summed E-state index contributed by atoms with van der Waals surface area (Å²) >= 11 is 0. The lowest BCUT2D eigenvalue weighted by atomic mass is 10.1. The number of hydrogen-bond donors (Lipinski definition) is 2. The summed E-state index contributed by atoms with van der Waals surface area (Å²) in [6.45, 7) is 0.694. The van der Waals surface area contributed by atoms with Crippen molar-refractivity contribution in [2.24, 2.45) is 0 Å². The minimum atomic E-state index is -4.42. The zero-order valence-corrected chi connectivity index (χ0v) is 13.8. The van der Waals surface area contributed by atoms with Gasteiger partial charge >= 0.3 is 6.18 Å². The Balaban J connectivity index is 1.86. The number of nitrogens with one attached hydrogen (secondary N) is 2. The van der Waals surface area contributed by atoms with Crippen LogP contribution in [0.2, 0.25) is 0 Å². The van der Waals surface area contributed by atoms with E-state index in [1.54, 1.807) is 6.07 Å². The third kappa shape index (κ3) is 6.79. The van der Waals surface area contributed by atoms with Crippen molar-refractivity contribution in [3.63, 3.8) is 0 Å². The number of ether oxygens (including phenoxy) is 3. The van der Waals surface area contributed by atoms with Crippen LogP contribution in [0.25, 0.3) is 0 Å². The number of morpholine rings is 1. The normalized spacial score (nSPS) is 17.8. The van der Waals surface area contributed by atoms with Crippen molar-refractivity contribution in [3.05, 3.63) is 23.8 Å². The molecule has 1 fully saturated rings. The topological polar surface area (TPSA) is 68.8 Å². The Hall–Kier alpha value is -2.00. The Morgan fingerprint density at radius 2 is 2.20 bits per heavy atom. The first kappa shape index (κ1) is 19.3. The maximum Gasteiger partial charge on any atom is 0.422 e. The Bertz CT molecular complexity index is 575. The molecule has 1 heterocycles. The van der Waals surface area contributed by atoms with Crippen LogP contribution in [0.3, 0.4) is 0 Å². The molecular formula is C16H21F3N2O4. The van der Waals surface area contributed by atoms with E-state index in [0.29, 0.717) is 31.7 Å². The Morgan fingerprint density at radius 3 is 2.84 bits per heavy atom. The summed E-state index contributed by atoms with van der Waals surface area (Å²) in [5.41, 5.74) is 0.692. The van der Waals surface area contributed by atoms with Gasteiger partial charge in [-0.3, -0.25) is 4.79 Å². The Kier molecular flexibility index (Phi) is 6.89. The molecule has 0 aromatic heterocycles. The molecule has 0 saturated carbocycles. The summed E-state index contributed by atoms with van der Waals surface area (Å²) in [6, 6.07) is 4.49. The van der Waals surface area contributed by atoms with Gasteiger partial charge in [0.05, 0.1) is 20.3 Å². The lowest BCUT2D eigenvalue weighted by Crippen LogP contribution is -2.44. The summed E-state index contributed by atoms with van der Waals surface area (Å²) in [5, 5.41) is 5.95. The zero-order chi connectivity index (χ0) is 18.3. The highest BCUT2D eigenvalue weighted by Gasteiger charge is 2.29. The Morgan fingerprint density at radius 1 is 1.40 bits per heavy atom. The molecule has 2 rings (SSSR count). The summed E-state index contributed by atoms with van der Waals surface area (Å²) < 4.78 is 51.7. The molecule has 1 aliphatic rings. The number of methoxy groups -OCH3 is 1. The molecule has 2 N–H and O–H groups in total. The van der Waals surface area contributed by atoms with E-state index in [4.69, 9.17) is 14.2 Å². The van der Waals surface area contributed by atoms with Gasteiger partial charge in [-0.2, -0.15) is 13.2 Å². The van der Waals surface area contributed by atoms with Gasteiger partial charge in [0.25, 0.3) is 0 Å². The standard InChI is InChI=1S/C16H21F3N2O4/c1-23-14-6-11(2-3-13(14)25-10-16(17,18)19)8-21-15(22)7-12-9-24-5-4-20-12/h2-3,6,12,20H,4-5,7-10H2,1H3,(H,21,22). The smallest absolute Gasteiger partial charge is 0.422 e. The van der Waals surface area contributed by atoms with E-state index in [2.05, 4.69) is 10.6 Å². The first-order chi connectivity index (χ1) is 11.9. The van der Waals surface area contributed by atoms with Crippen LogP contribution in [0.4, 0.5) is 13.2 Å². The summed E-state index contributed by atoms with van der Waals surface area (Å²) in [6.07, 6.45) is -4.13. The van der Waals surface area contributed by atoms with Crippen LogP contribution < -0.4 is 20.1 Å². The highest BCUT2D eigenvalue weighted by molar-refractivity contribution is 5.76. The van der Waals surface area contributed by atoms with Crippen LogP contribution in [0.15, 0.2) is 18.2 Å². The fraction of sp³-hybridized carbons (Fsp3) is 0.562. The van der Waals surface area contributed by atoms with E-state index in [1.807, 2.05) is 0 Å². The van der Waals surface area contributed by atoms with Gasteiger partial charge in [-0.1, -0.05) is 6.07 Å². The largest absolute Gasteiger partial charge is 0.493 e. The molecule has 1 aromatic rings. The number of rotatable bonds is 7. The molecule has 1 atom stereocenters. The van der Waals surface area contributed by atoms with Crippen LogP contribution in [-0.4, -0.2) is 51.6 Å².